The number of rotatable bonds is 11. The zero-order chi connectivity index (χ0) is 36.0. The minimum Gasteiger partial charge on any atom is -0.392 e. The zero-order valence-corrected chi connectivity index (χ0v) is 29.9. The molecule has 5 atom stereocenters. The Morgan fingerprint density at radius 1 is 0.808 bits per heavy atom. The van der Waals surface area contributed by atoms with Crippen LogP contribution in [-0.4, -0.2) is 40.6 Å². The van der Waals surface area contributed by atoms with Gasteiger partial charge >= 0.3 is 0 Å². The molecule has 1 amide bonds. The minimum absolute atomic E-state index is 0.00245. The van der Waals surface area contributed by atoms with Crippen molar-refractivity contribution in [3.8, 4) is 11.1 Å². The van der Waals surface area contributed by atoms with Crippen LogP contribution in [0.1, 0.15) is 70.5 Å². The third-order valence-corrected chi connectivity index (χ3v) is 10.3. The van der Waals surface area contributed by atoms with Gasteiger partial charge in [-0.2, -0.15) is 0 Å². The number of pyridine rings is 1. The van der Waals surface area contributed by atoms with Gasteiger partial charge < -0.3 is 19.9 Å². The van der Waals surface area contributed by atoms with Crippen LogP contribution in [0.4, 0.5) is 0 Å². The summed E-state index contributed by atoms with van der Waals surface area (Å²) in [6.07, 6.45) is 2.36. The van der Waals surface area contributed by atoms with E-state index in [1.54, 1.807) is 24.5 Å². The Labute approximate surface area is 305 Å². The summed E-state index contributed by atoms with van der Waals surface area (Å²) in [6.45, 7) is 5.59. The molecule has 264 valence electrons. The van der Waals surface area contributed by atoms with Crippen LogP contribution >= 0.6 is 0 Å². The highest BCUT2D eigenvalue weighted by Crippen LogP contribution is 2.42. The normalized spacial score (nSPS) is 19.4. The third-order valence-electron chi connectivity index (χ3n) is 10.3. The summed E-state index contributed by atoms with van der Waals surface area (Å²) in [5.41, 5.74) is 7.81. The smallest absolute Gasteiger partial charge is 0.253 e. The molecule has 6 aromatic rings. The average Bonchev–Trinajstić information content (AvgIpc) is 3.20. The van der Waals surface area contributed by atoms with Gasteiger partial charge in [0, 0.05) is 43.0 Å². The molecule has 7 heteroatoms. The van der Waals surface area contributed by atoms with Gasteiger partial charge in [0.1, 0.15) is 0 Å². The maximum absolute atomic E-state index is 12.6. The molecule has 0 unspecified atom stereocenters. The van der Waals surface area contributed by atoms with Gasteiger partial charge in [0.15, 0.2) is 6.29 Å². The van der Waals surface area contributed by atoms with Crippen molar-refractivity contribution in [2.45, 2.75) is 51.5 Å². The summed E-state index contributed by atoms with van der Waals surface area (Å²) in [5.74, 6) is -0.0805. The Morgan fingerprint density at radius 2 is 1.58 bits per heavy atom. The number of aromatic nitrogens is 1. The third kappa shape index (κ3) is 7.98. The van der Waals surface area contributed by atoms with Crippen molar-refractivity contribution in [3.05, 3.63) is 173 Å². The molecule has 52 heavy (non-hydrogen) atoms. The molecule has 0 bridgehead atoms. The first-order valence-electron chi connectivity index (χ1n) is 17.9. The molecule has 0 radical (unpaired) electrons. The van der Waals surface area contributed by atoms with Crippen molar-refractivity contribution in [1.29, 1.82) is 0 Å². The van der Waals surface area contributed by atoms with Crippen LogP contribution in [0.15, 0.2) is 140 Å². The summed E-state index contributed by atoms with van der Waals surface area (Å²) in [5, 5.41) is 15.1. The van der Waals surface area contributed by atoms with Gasteiger partial charge in [-0.05, 0) is 82.4 Å². The molecule has 1 aliphatic rings. The van der Waals surface area contributed by atoms with Gasteiger partial charge in [-0.1, -0.05) is 110 Å². The number of carbonyl (C=O) groups excluding carboxylic acids is 1. The van der Waals surface area contributed by atoms with Crippen LogP contribution in [0.25, 0.3) is 21.9 Å². The molecule has 2 heterocycles. The Bertz CT molecular complexity index is 2100. The molecule has 1 saturated heterocycles. The van der Waals surface area contributed by atoms with Gasteiger partial charge in [0.2, 0.25) is 0 Å². The first kappa shape index (κ1) is 35.2. The van der Waals surface area contributed by atoms with Gasteiger partial charge in [-0.15, -0.1) is 0 Å². The van der Waals surface area contributed by atoms with Crippen molar-refractivity contribution >= 4 is 16.7 Å². The summed E-state index contributed by atoms with van der Waals surface area (Å²) in [6, 6.07) is 43.5. The van der Waals surface area contributed by atoms with E-state index in [9.17, 15) is 9.90 Å². The van der Waals surface area contributed by atoms with Crippen LogP contribution < -0.4 is 5.32 Å². The minimum atomic E-state index is -0.559. The van der Waals surface area contributed by atoms with E-state index in [1.165, 1.54) is 16.3 Å². The van der Waals surface area contributed by atoms with E-state index in [0.717, 1.165) is 39.9 Å². The lowest BCUT2D eigenvalue weighted by Crippen LogP contribution is -2.44. The molecule has 1 aliphatic heterocycles. The Hall–Kier alpha value is -5.18. The fraction of sp³-hybridized carbons (Fsp3) is 0.244. The van der Waals surface area contributed by atoms with E-state index in [-0.39, 0.29) is 36.7 Å². The molecule has 7 nitrogen and oxygen atoms in total. The predicted octanol–water partition coefficient (Wildman–Crippen LogP) is 8.81. The molecule has 1 fully saturated rings. The summed E-state index contributed by atoms with van der Waals surface area (Å²) in [7, 11) is 2.17. The molecule has 0 aliphatic carbocycles. The highest BCUT2D eigenvalue weighted by molar-refractivity contribution is 5.93. The standard InChI is InChI=1S/C45H45N3O4/c1-30-42(28-48(3)31(2)38-22-19-34-9-4-5-10-40(34)25-38)51-45(52-43(30)36-15-13-32(29-49)14-16-36)37-20-17-35(18-21-37)39-11-6-8-33(24-39)26-47-44(50)41-12-7-23-46-27-41/h4-25,27,30-31,42-43,45,49H,26,28-29H2,1-3H3,(H,47,50)/t30-,31-,42+,43+,45+/m1/s1. The highest BCUT2D eigenvalue weighted by Gasteiger charge is 2.39. The van der Waals surface area contributed by atoms with Gasteiger partial charge in [0.25, 0.3) is 5.91 Å². The van der Waals surface area contributed by atoms with Gasteiger partial charge in [0.05, 0.1) is 24.4 Å². The molecule has 0 spiro atoms. The van der Waals surface area contributed by atoms with Crippen LogP contribution in [0.2, 0.25) is 0 Å². The fourth-order valence-corrected chi connectivity index (χ4v) is 6.97. The predicted molar refractivity (Wildman–Crippen MR) is 205 cm³/mol. The number of carbonyl (C=O) groups is 1. The Kier molecular flexibility index (Phi) is 10.8. The lowest BCUT2D eigenvalue weighted by Gasteiger charge is -2.43. The van der Waals surface area contributed by atoms with Crippen molar-refractivity contribution in [1.82, 2.24) is 15.2 Å². The molecule has 2 N–H and O–H groups in total. The van der Waals surface area contributed by atoms with Crippen molar-refractivity contribution in [2.75, 3.05) is 13.6 Å². The maximum atomic E-state index is 12.6. The number of hydrogen-bond donors (Lipinski definition) is 2. The number of ether oxygens (including phenoxy) is 2. The maximum Gasteiger partial charge on any atom is 0.253 e. The first-order valence-corrected chi connectivity index (χ1v) is 17.9. The van der Waals surface area contributed by atoms with Crippen molar-refractivity contribution < 1.29 is 19.4 Å². The second kappa shape index (κ2) is 16.0. The summed E-state index contributed by atoms with van der Waals surface area (Å²) in [4.78, 5) is 19.0. The number of hydrogen-bond acceptors (Lipinski definition) is 6. The summed E-state index contributed by atoms with van der Waals surface area (Å²) >= 11 is 0. The molecule has 7 rings (SSSR count). The van der Waals surface area contributed by atoms with E-state index < -0.39 is 6.29 Å². The molecule has 1 aromatic heterocycles. The lowest BCUT2D eigenvalue weighted by atomic mass is 9.89. The second-order valence-electron chi connectivity index (χ2n) is 13.8. The first-order chi connectivity index (χ1) is 25.4. The largest absolute Gasteiger partial charge is 0.392 e. The molecular formula is C45H45N3O4. The van der Waals surface area contributed by atoms with Crippen LogP contribution in [0, 0.1) is 5.92 Å². The topological polar surface area (TPSA) is 83.9 Å². The van der Waals surface area contributed by atoms with Crippen LogP contribution in [0.5, 0.6) is 0 Å². The summed E-state index contributed by atoms with van der Waals surface area (Å²) < 4.78 is 13.6. The number of fused-ring (bicyclic) bond motifs is 1. The Balaban J connectivity index is 1.09. The van der Waals surface area contributed by atoms with E-state index in [4.69, 9.17) is 9.47 Å². The highest BCUT2D eigenvalue weighted by atomic mass is 16.7. The number of nitrogens with zero attached hydrogens (tertiary/aromatic N) is 2. The number of nitrogens with one attached hydrogen (secondary N) is 1. The molecule has 0 saturated carbocycles. The van der Waals surface area contributed by atoms with Crippen molar-refractivity contribution in [3.63, 3.8) is 0 Å². The van der Waals surface area contributed by atoms with Crippen molar-refractivity contribution in [2.24, 2.45) is 5.92 Å². The van der Waals surface area contributed by atoms with E-state index in [2.05, 4.69) is 127 Å². The quantitative estimate of drug-likeness (QED) is 0.141. The van der Waals surface area contributed by atoms with Gasteiger partial charge in [-0.25, -0.2) is 0 Å². The number of amides is 1. The lowest BCUT2D eigenvalue weighted by molar-refractivity contribution is -0.276. The fourth-order valence-electron chi connectivity index (χ4n) is 6.97. The SMILES string of the molecule is C[C@@H]1[C@H](CN(C)[C@H](C)c2ccc3ccccc3c2)O[C@H](c2ccc(-c3cccc(CNC(=O)c4cccnc4)c3)cc2)O[C@@H]1c1ccc(CO)cc1. The molecule has 5 aromatic carbocycles. The zero-order valence-electron chi connectivity index (χ0n) is 29.9. The molecular weight excluding hydrogens is 647 g/mol. The second-order valence-corrected chi connectivity index (χ2v) is 13.8. The van der Waals surface area contributed by atoms with Crippen LogP contribution in [0.3, 0.4) is 0 Å². The number of aliphatic hydroxyl groups is 1. The monoisotopic (exact) mass is 691 g/mol. The van der Waals surface area contributed by atoms with E-state index >= 15 is 0 Å². The number of benzene rings is 5. The van der Waals surface area contributed by atoms with E-state index in [1.807, 2.05) is 24.3 Å². The Morgan fingerprint density at radius 3 is 2.33 bits per heavy atom. The van der Waals surface area contributed by atoms with Gasteiger partial charge in [-0.3, -0.25) is 14.7 Å². The van der Waals surface area contributed by atoms with E-state index in [0.29, 0.717) is 12.1 Å². The number of likely N-dealkylation sites (N-methyl/N-ethyl adjacent to an activating group) is 1. The number of aliphatic hydroxyl groups excluding tert-OH is 1. The average molecular weight is 692 g/mol. The van der Waals surface area contributed by atoms with Crippen LogP contribution in [-0.2, 0) is 22.6 Å².